The molecular weight excluding hydrogens is 458 g/mol. The van der Waals surface area contributed by atoms with Crippen molar-refractivity contribution < 1.29 is 10.0 Å². The van der Waals surface area contributed by atoms with Gasteiger partial charge in [-0.25, -0.2) is 5.06 Å². The lowest BCUT2D eigenvalue weighted by molar-refractivity contribution is -0.0589. The Morgan fingerprint density at radius 1 is 0.971 bits per heavy atom. The first kappa shape index (κ1) is 24.9. The second kappa shape index (κ2) is 11.5. The van der Waals surface area contributed by atoms with E-state index in [9.17, 15) is 10.0 Å². The number of carbonyl (C=O) groups excluding carboxylic acids is 1. The van der Waals surface area contributed by atoms with Gasteiger partial charge in [-0.3, -0.25) is 15.0 Å². The molecule has 0 fully saturated rings. The normalized spacial score (nSPS) is 14.7. The highest BCUT2D eigenvalue weighted by atomic mass is 35.5. The molecule has 1 aromatic heterocycles. The predicted octanol–water partition coefficient (Wildman–Crippen LogP) is 6.04. The number of hydroxylamine groups is 2. The van der Waals surface area contributed by atoms with Crippen LogP contribution in [-0.2, 0) is 13.0 Å². The highest BCUT2D eigenvalue weighted by molar-refractivity contribution is 5.93. The summed E-state index contributed by atoms with van der Waals surface area (Å²) in [6.07, 6.45) is 5.48. The van der Waals surface area contributed by atoms with E-state index in [4.69, 9.17) is 0 Å². The standard InChI is InChI=1S/C29H29N3O2.ClH/c33-29(23-14-12-22(13-15-23)28-10-3-5-17-30-28)32(34)18-6-4-8-25-19-27-24(20-31-25)16-11-21-7-1-2-9-26(21)27;/h1-3,5,7,9-17,25,31,34H,4,6,8,18-20H2;1H. The lowest BCUT2D eigenvalue weighted by atomic mass is 9.89. The van der Waals surface area contributed by atoms with Crippen LogP contribution in [0.25, 0.3) is 22.0 Å². The molecule has 35 heavy (non-hydrogen) atoms. The Balaban J connectivity index is 0.00000289. The molecule has 2 heterocycles. The van der Waals surface area contributed by atoms with Crippen LogP contribution < -0.4 is 5.32 Å². The van der Waals surface area contributed by atoms with E-state index in [1.807, 2.05) is 30.3 Å². The molecule has 1 aliphatic heterocycles. The lowest BCUT2D eigenvalue weighted by Gasteiger charge is -2.27. The molecule has 5 nitrogen and oxygen atoms in total. The number of aromatic nitrogens is 1. The number of hydrogen-bond acceptors (Lipinski definition) is 4. The Labute approximate surface area is 212 Å². The highest BCUT2D eigenvalue weighted by Crippen LogP contribution is 2.27. The molecule has 180 valence electrons. The molecule has 0 radical (unpaired) electrons. The highest BCUT2D eigenvalue weighted by Gasteiger charge is 2.20. The van der Waals surface area contributed by atoms with Gasteiger partial charge in [0.1, 0.15) is 0 Å². The molecule has 1 amide bonds. The van der Waals surface area contributed by atoms with Gasteiger partial charge >= 0.3 is 0 Å². The van der Waals surface area contributed by atoms with Crippen molar-refractivity contribution in [1.29, 1.82) is 0 Å². The Bertz CT molecular complexity index is 1280. The number of rotatable bonds is 7. The summed E-state index contributed by atoms with van der Waals surface area (Å²) in [6, 6.07) is 26.4. The Hall–Kier alpha value is -3.25. The van der Waals surface area contributed by atoms with Gasteiger partial charge in [-0.05, 0) is 65.4 Å². The summed E-state index contributed by atoms with van der Waals surface area (Å²) in [6.45, 7) is 1.22. The lowest BCUT2D eigenvalue weighted by Crippen LogP contribution is -2.35. The fraction of sp³-hybridized carbons (Fsp3) is 0.241. The maximum absolute atomic E-state index is 12.6. The number of amides is 1. The van der Waals surface area contributed by atoms with Crippen molar-refractivity contribution in [2.24, 2.45) is 0 Å². The number of hydrogen-bond donors (Lipinski definition) is 2. The zero-order valence-corrected chi connectivity index (χ0v) is 20.4. The number of benzene rings is 3. The van der Waals surface area contributed by atoms with Crippen LogP contribution in [0.5, 0.6) is 0 Å². The Morgan fingerprint density at radius 2 is 1.77 bits per heavy atom. The first-order chi connectivity index (χ1) is 16.7. The van der Waals surface area contributed by atoms with Gasteiger partial charge < -0.3 is 5.32 Å². The molecule has 0 aliphatic carbocycles. The number of nitrogens with one attached hydrogen (secondary N) is 1. The van der Waals surface area contributed by atoms with Crippen molar-refractivity contribution in [2.45, 2.75) is 38.3 Å². The average Bonchev–Trinajstić information content (AvgIpc) is 2.91. The van der Waals surface area contributed by atoms with Gasteiger partial charge in [-0.15, -0.1) is 12.4 Å². The number of pyridine rings is 1. The fourth-order valence-corrected chi connectivity index (χ4v) is 4.78. The molecule has 3 aromatic carbocycles. The Kier molecular flexibility index (Phi) is 8.13. The van der Waals surface area contributed by atoms with Crippen molar-refractivity contribution in [3.8, 4) is 11.3 Å². The summed E-state index contributed by atoms with van der Waals surface area (Å²) in [4.78, 5) is 16.9. The van der Waals surface area contributed by atoms with Crippen molar-refractivity contribution in [3.05, 3.63) is 102 Å². The largest absolute Gasteiger partial charge is 0.310 e. The molecule has 0 saturated heterocycles. The van der Waals surface area contributed by atoms with E-state index in [0.717, 1.165) is 48.5 Å². The molecule has 1 atom stereocenters. The second-order valence-corrected chi connectivity index (χ2v) is 8.92. The van der Waals surface area contributed by atoms with E-state index in [0.29, 0.717) is 18.2 Å². The van der Waals surface area contributed by atoms with Gasteiger partial charge in [0, 0.05) is 36.5 Å². The molecule has 0 bridgehead atoms. The fourth-order valence-electron chi connectivity index (χ4n) is 4.78. The summed E-state index contributed by atoms with van der Waals surface area (Å²) in [7, 11) is 0. The zero-order valence-electron chi connectivity index (χ0n) is 19.6. The van der Waals surface area contributed by atoms with Crippen LogP contribution in [0.1, 0.15) is 40.7 Å². The summed E-state index contributed by atoms with van der Waals surface area (Å²) >= 11 is 0. The summed E-state index contributed by atoms with van der Waals surface area (Å²) < 4.78 is 0. The molecule has 6 heteroatoms. The topological polar surface area (TPSA) is 65.5 Å². The van der Waals surface area contributed by atoms with Crippen molar-refractivity contribution >= 4 is 29.1 Å². The third kappa shape index (κ3) is 5.70. The number of halogens is 1. The van der Waals surface area contributed by atoms with Crippen LogP contribution in [0.4, 0.5) is 0 Å². The summed E-state index contributed by atoms with van der Waals surface area (Å²) in [5, 5.41) is 17.4. The number of carbonyl (C=O) groups is 1. The first-order valence-electron chi connectivity index (χ1n) is 11.9. The van der Waals surface area contributed by atoms with Crippen LogP contribution in [0.2, 0.25) is 0 Å². The van der Waals surface area contributed by atoms with Gasteiger partial charge in [0.2, 0.25) is 0 Å². The quantitative estimate of drug-likeness (QED) is 0.189. The van der Waals surface area contributed by atoms with Gasteiger partial charge in [0.05, 0.1) is 5.69 Å². The molecule has 0 saturated carbocycles. The van der Waals surface area contributed by atoms with E-state index in [1.54, 1.807) is 18.3 Å². The monoisotopic (exact) mass is 487 g/mol. The van der Waals surface area contributed by atoms with Crippen LogP contribution in [0.3, 0.4) is 0 Å². The maximum atomic E-state index is 12.6. The predicted molar refractivity (Wildman–Crippen MR) is 142 cm³/mol. The zero-order chi connectivity index (χ0) is 23.3. The number of unbranched alkanes of at least 4 members (excludes halogenated alkanes) is 1. The van der Waals surface area contributed by atoms with Gasteiger partial charge in [0.15, 0.2) is 0 Å². The molecule has 1 unspecified atom stereocenters. The van der Waals surface area contributed by atoms with Gasteiger partial charge in [-0.2, -0.15) is 0 Å². The molecular formula is C29H30ClN3O2. The van der Waals surface area contributed by atoms with Crippen LogP contribution in [0, 0.1) is 0 Å². The molecule has 2 N–H and O–H groups in total. The minimum Gasteiger partial charge on any atom is -0.310 e. The van der Waals surface area contributed by atoms with Crippen LogP contribution >= 0.6 is 12.4 Å². The van der Waals surface area contributed by atoms with E-state index in [2.05, 4.69) is 46.7 Å². The van der Waals surface area contributed by atoms with Crippen molar-refractivity contribution in [3.63, 3.8) is 0 Å². The Morgan fingerprint density at radius 3 is 2.57 bits per heavy atom. The maximum Gasteiger partial charge on any atom is 0.277 e. The van der Waals surface area contributed by atoms with Gasteiger partial charge in [-0.1, -0.05) is 61.0 Å². The molecule has 4 aromatic rings. The smallest absolute Gasteiger partial charge is 0.277 e. The van der Waals surface area contributed by atoms with Crippen molar-refractivity contribution in [1.82, 2.24) is 15.4 Å². The molecule has 1 aliphatic rings. The minimum absolute atomic E-state index is 0. The average molecular weight is 488 g/mol. The third-order valence-corrected chi connectivity index (χ3v) is 6.67. The third-order valence-electron chi connectivity index (χ3n) is 6.67. The second-order valence-electron chi connectivity index (χ2n) is 8.92. The number of fused-ring (bicyclic) bond motifs is 3. The van der Waals surface area contributed by atoms with E-state index < -0.39 is 0 Å². The minimum atomic E-state index is -0.372. The molecule has 5 rings (SSSR count). The van der Waals surface area contributed by atoms with Crippen LogP contribution in [0.15, 0.2) is 85.1 Å². The number of nitrogens with zero attached hydrogens (tertiary/aromatic N) is 2. The SMILES string of the molecule is Cl.O=C(c1ccc(-c2ccccn2)cc1)N(O)CCCCC1Cc2c(ccc3ccccc23)CN1. The van der Waals surface area contributed by atoms with Crippen molar-refractivity contribution in [2.75, 3.05) is 6.54 Å². The van der Waals surface area contributed by atoms with E-state index in [1.165, 1.54) is 21.9 Å². The summed E-state index contributed by atoms with van der Waals surface area (Å²) in [5.41, 5.74) is 5.11. The summed E-state index contributed by atoms with van der Waals surface area (Å²) in [5.74, 6) is -0.372. The van der Waals surface area contributed by atoms with E-state index >= 15 is 0 Å². The molecule has 0 spiro atoms. The first-order valence-corrected chi connectivity index (χ1v) is 11.9. The van der Waals surface area contributed by atoms with Crippen LogP contribution in [-0.4, -0.2) is 33.7 Å². The van der Waals surface area contributed by atoms with Gasteiger partial charge in [0.25, 0.3) is 5.91 Å². The van der Waals surface area contributed by atoms with E-state index in [-0.39, 0.29) is 18.3 Å².